The third kappa shape index (κ3) is 5.04. The third-order valence-electron chi connectivity index (χ3n) is 3.80. The number of carbonyl (C=O) groups excluding carboxylic acids is 2. The predicted molar refractivity (Wildman–Crippen MR) is 98.5 cm³/mol. The number of urea groups is 1. The Kier molecular flexibility index (Phi) is 6.11. The maximum atomic E-state index is 12.5. The van der Waals surface area contributed by atoms with Gasteiger partial charge in [0, 0.05) is 50.3 Å². The molecule has 0 atom stereocenters. The van der Waals surface area contributed by atoms with Crippen LogP contribution in [0, 0.1) is 6.92 Å². The SMILES string of the molecule is CCN(Cc1ccc(C(=O)N(C)C)cc1)C(=O)Nc1ccnc(C)c1. The van der Waals surface area contributed by atoms with Crippen LogP contribution in [-0.2, 0) is 6.54 Å². The monoisotopic (exact) mass is 340 g/mol. The summed E-state index contributed by atoms with van der Waals surface area (Å²) in [5.74, 6) is -0.0373. The lowest BCUT2D eigenvalue weighted by molar-refractivity contribution is 0.0827. The van der Waals surface area contributed by atoms with Crippen molar-refractivity contribution < 1.29 is 9.59 Å². The molecule has 0 saturated heterocycles. The molecule has 1 aromatic carbocycles. The topological polar surface area (TPSA) is 65.5 Å². The highest BCUT2D eigenvalue weighted by atomic mass is 16.2. The number of aryl methyl sites for hydroxylation is 1. The molecule has 6 heteroatoms. The molecule has 0 aliphatic heterocycles. The fourth-order valence-electron chi connectivity index (χ4n) is 2.38. The van der Waals surface area contributed by atoms with E-state index in [-0.39, 0.29) is 11.9 Å². The van der Waals surface area contributed by atoms with Gasteiger partial charge in [0.05, 0.1) is 0 Å². The summed E-state index contributed by atoms with van der Waals surface area (Å²) in [5, 5.41) is 2.88. The smallest absolute Gasteiger partial charge is 0.322 e. The summed E-state index contributed by atoms with van der Waals surface area (Å²) in [6.07, 6.45) is 1.67. The maximum absolute atomic E-state index is 12.5. The van der Waals surface area contributed by atoms with Crippen LogP contribution in [0.25, 0.3) is 0 Å². The first-order chi connectivity index (χ1) is 11.9. The Hall–Kier alpha value is -2.89. The van der Waals surface area contributed by atoms with Crippen molar-refractivity contribution in [3.63, 3.8) is 0 Å². The zero-order valence-electron chi connectivity index (χ0n) is 15.1. The number of anilines is 1. The molecule has 0 bridgehead atoms. The molecule has 2 aromatic rings. The number of benzene rings is 1. The minimum atomic E-state index is -0.165. The van der Waals surface area contributed by atoms with Gasteiger partial charge in [-0.1, -0.05) is 12.1 Å². The molecule has 132 valence electrons. The normalized spacial score (nSPS) is 10.2. The second-order valence-corrected chi connectivity index (χ2v) is 6.03. The summed E-state index contributed by atoms with van der Waals surface area (Å²) in [7, 11) is 3.44. The first-order valence-electron chi connectivity index (χ1n) is 8.20. The van der Waals surface area contributed by atoms with Gasteiger partial charge in [0.2, 0.25) is 0 Å². The molecule has 3 amide bonds. The molecule has 0 fully saturated rings. The van der Waals surface area contributed by atoms with Crippen molar-refractivity contribution in [2.75, 3.05) is 26.0 Å². The lowest BCUT2D eigenvalue weighted by atomic mass is 10.1. The molecule has 0 unspecified atom stereocenters. The second-order valence-electron chi connectivity index (χ2n) is 6.03. The number of hydrogen-bond acceptors (Lipinski definition) is 3. The highest BCUT2D eigenvalue weighted by Crippen LogP contribution is 2.12. The van der Waals surface area contributed by atoms with Crippen LogP contribution in [0.5, 0.6) is 0 Å². The van der Waals surface area contributed by atoms with Crippen LogP contribution in [-0.4, -0.2) is 47.4 Å². The van der Waals surface area contributed by atoms with Crippen LogP contribution in [0.1, 0.15) is 28.5 Å². The molecule has 1 heterocycles. The standard InChI is InChI=1S/C19H24N4O2/c1-5-23(19(25)21-17-10-11-20-14(2)12-17)13-15-6-8-16(9-7-15)18(24)22(3)4/h6-12H,5,13H2,1-4H3,(H,20,21,25). The van der Waals surface area contributed by atoms with Crippen molar-refractivity contribution >= 4 is 17.6 Å². The number of hydrogen-bond donors (Lipinski definition) is 1. The number of aromatic nitrogens is 1. The third-order valence-corrected chi connectivity index (χ3v) is 3.80. The zero-order chi connectivity index (χ0) is 18.4. The molecule has 0 spiro atoms. The van der Waals surface area contributed by atoms with Crippen LogP contribution in [0.2, 0.25) is 0 Å². The van der Waals surface area contributed by atoms with Gasteiger partial charge < -0.3 is 15.1 Å². The van der Waals surface area contributed by atoms with E-state index >= 15 is 0 Å². The second kappa shape index (κ2) is 8.28. The fraction of sp³-hybridized carbons (Fsp3) is 0.316. The van der Waals surface area contributed by atoms with Crippen molar-refractivity contribution in [1.29, 1.82) is 0 Å². The number of amides is 3. The Labute approximate surface area is 148 Å². The average molecular weight is 340 g/mol. The first kappa shape index (κ1) is 18.4. The van der Waals surface area contributed by atoms with Crippen molar-refractivity contribution in [1.82, 2.24) is 14.8 Å². The number of nitrogens with one attached hydrogen (secondary N) is 1. The number of carbonyl (C=O) groups is 2. The number of pyridine rings is 1. The maximum Gasteiger partial charge on any atom is 0.322 e. The molecule has 1 N–H and O–H groups in total. The van der Waals surface area contributed by atoms with Gasteiger partial charge in [0.25, 0.3) is 5.91 Å². The van der Waals surface area contributed by atoms with Gasteiger partial charge in [-0.05, 0) is 43.7 Å². The van der Waals surface area contributed by atoms with E-state index < -0.39 is 0 Å². The molecule has 6 nitrogen and oxygen atoms in total. The summed E-state index contributed by atoms with van der Waals surface area (Å²) >= 11 is 0. The van der Waals surface area contributed by atoms with Gasteiger partial charge in [-0.15, -0.1) is 0 Å². The summed E-state index contributed by atoms with van der Waals surface area (Å²) < 4.78 is 0. The molecule has 2 rings (SSSR count). The molecule has 0 aliphatic rings. The van der Waals surface area contributed by atoms with Crippen LogP contribution < -0.4 is 5.32 Å². The van der Waals surface area contributed by atoms with Crippen molar-refractivity contribution in [3.8, 4) is 0 Å². The lowest BCUT2D eigenvalue weighted by Crippen LogP contribution is -2.34. The summed E-state index contributed by atoms with van der Waals surface area (Å²) in [6, 6.07) is 10.8. The van der Waals surface area contributed by atoms with E-state index in [1.807, 2.05) is 32.0 Å². The first-order valence-corrected chi connectivity index (χ1v) is 8.20. The van der Waals surface area contributed by atoms with Crippen LogP contribution in [0.3, 0.4) is 0 Å². The Balaban J connectivity index is 2.03. The minimum absolute atomic E-state index is 0.0373. The number of nitrogens with zero attached hydrogens (tertiary/aromatic N) is 3. The Morgan fingerprint density at radius 3 is 2.36 bits per heavy atom. The highest BCUT2D eigenvalue weighted by Gasteiger charge is 2.13. The molecule has 1 aromatic heterocycles. The van der Waals surface area contributed by atoms with Crippen LogP contribution in [0.4, 0.5) is 10.5 Å². The molecule has 0 radical (unpaired) electrons. The number of rotatable bonds is 5. The molecule has 0 aliphatic carbocycles. The van der Waals surface area contributed by atoms with Crippen LogP contribution >= 0.6 is 0 Å². The summed E-state index contributed by atoms with van der Waals surface area (Å²) in [5.41, 5.74) is 3.18. The van der Waals surface area contributed by atoms with Crippen molar-refractivity contribution in [2.24, 2.45) is 0 Å². The molecule has 0 saturated carbocycles. The summed E-state index contributed by atoms with van der Waals surface area (Å²) in [6.45, 7) is 4.86. The van der Waals surface area contributed by atoms with Gasteiger partial charge in [-0.25, -0.2) is 4.79 Å². The quantitative estimate of drug-likeness (QED) is 0.909. The van der Waals surface area contributed by atoms with Gasteiger partial charge in [0.15, 0.2) is 0 Å². The van der Waals surface area contributed by atoms with Crippen molar-refractivity contribution in [3.05, 3.63) is 59.4 Å². The zero-order valence-corrected chi connectivity index (χ0v) is 15.1. The van der Waals surface area contributed by atoms with Gasteiger partial charge in [-0.2, -0.15) is 0 Å². The highest BCUT2D eigenvalue weighted by molar-refractivity contribution is 5.94. The minimum Gasteiger partial charge on any atom is -0.345 e. The van der Waals surface area contributed by atoms with E-state index in [1.54, 1.807) is 43.4 Å². The molecule has 25 heavy (non-hydrogen) atoms. The molecular weight excluding hydrogens is 316 g/mol. The lowest BCUT2D eigenvalue weighted by Gasteiger charge is -2.22. The van der Waals surface area contributed by atoms with E-state index in [0.717, 1.165) is 16.9 Å². The Bertz CT molecular complexity index is 741. The van der Waals surface area contributed by atoms with Crippen LogP contribution in [0.15, 0.2) is 42.6 Å². The van der Waals surface area contributed by atoms with Gasteiger partial charge in [-0.3, -0.25) is 9.78 Å². The summed E-state index contributed by atoms with van der Waals surface area (Å²) in [4.78, 5) is 31.7. The van der Waals surface area contributed by atoms with E-state index in [2.05, 4.69) is 10.3 Å². The van der Waals surface area contributed by atoms with Crippen molar-refractivity contribution in [2.45, 2.75) is 20.4 Å². The predicted octanol–water partition coefficient (Wildman–Crippen LogP) is 3.15. The largest absolute Gasteiger partial charge is 0.345 e. The van der Waals surface area contributed by atoms with E-state index in [1.165, 1.54) is 4.90 Å². The fourth-order valence-corrected chi connectivity index (χ4v) is 2.38. The van der Waals surface area contributed by atoms with E-state index in [4.69, 9.17) is 0 Å². The molecular formula is C19H24N4O2. The Morgan fingerprint density at radius 1 is 1.12 bits per heavy atom. The van der Waals surface area contributed by atoms with Gasteiger partial charge in [0.1, 0.15) is 0 Å². The van der Waals surface area contributed by atoms with E-state index in [0.29, 0.717) is 18.7 Å². The van der Waals surface area contributed by atoms with E-state index in [9.17, 15) is 9.59 Å². The van der Waals surface area contributed by atoms with Gasteiger partial charge >= 0.3 is 6.03 Å². The average Bonchev–Trinajstić information content (AvgIpc) is 2.59. The Morgan fingerprint density at radius 2 is 1.80 bits per heavy atom.